The SMILES string of the molecule is CCCNc1cc(SCCN(C)C)nc(C2CC2)n1. The van der Waals surface area contributed by atoms with Gasteiger partial charge in [0.05, 0.1) is 0 Å². The van der Waals surface area contributed by atoms with Gasteiger partial charge in [-0.25, -0.2) is 9.97 Å². The van der Waals surface area contributed by atoms with Crippen LogP contribution < -0.4 is 5.32 Å². The third-order valence-corrected chi connectivity index (χ3v) is 3.90. The van der Waals surface area contributed by atoms with Gasteiger partial charge in [0.25, 0.3) is 0 Å². The molecule has 0 bridgehead atoms. The van der Waals surface area contributed by atoms with Crippen molar-refractivity contribution in [1.82, 2.24) is 14.9 Å². The summed E-state index contributed by atoms with van der Waals surface area (Å²) in [6, 6.07) is 2.09. The summed E-state index contributed by atoms with van der Waals surface area (Å²) >= 11 is 1.82. The first-order chi connectivity index (χ1) is 9.19. The molecule has 1 aromatic rings. The smallest absolute Gasteiger partial charge is 0.135 e. The largest absolute Gasteiger partial charge is 0.370 e. The normalized spacial score (nSPS) is 14.9. The summed E-state index contributed by atoms with van der Waals surface area (Å²) in [4.78, 5) is 11.5. The summed E-state index contributed by atoms with van der Waals surface area (Å²) in [6.45, 7) is 4.22. The van der Waals surface area contributed by atoms with Gasteiger partial charge in [0, 0.05) is 30.8 Å². The van der Waals surface area contributed by atoms with E-state index in [2.05, 4.69) is 42.3 Å². The molecule has 0 radical (unpaired) electrons. The van der Waals surface area contributed by atoms with Gasteiger partial charge in [-0.2, -0.15) is 0 Å². The number of aromatic nitrogens is 2. The van der Waals surface area contributed by atoms with E-state index >= 15 is 0 Å². The van der Waals surface area contributed by atoms with Crippen molar-refractivity contribution >= 4 is 17.6 Å². The lowest BCUT2D eigenvalue weighted by atomic mass is 10.4. The number of nitrogens with zero attached hydrogens (tertiary/aromatic N) is 3. The number of nitrogens with one attached hydrogen (secondary N) is 1. The molecule has 0 aliphatic heterocycles. The van der Waals surface area contributed by atoms with E-state index in [4.69, 9.17) is 4.98 Å². The third-order valence-electron chi connectivity index (χ3n) is 3.01. The summed E-state index contributed by atoms with van der Waals surface area (Å²) in [6.07, 6.45) is 3.62. The monoisotopic (exact) mass is 280 g/mol. The lowest BCUT2D eigenvalue weighted by Gasteiger charge is -2.11. The van der Waals surface area contributed by atoms with E-state index in [-0.39, 0.29) is 0 Å². The summed E-state index contributed by atoms with van der Waals surface area (Å²) < 4.78 is 0. The molecule has 0 saturated heterocycles. The molecule has 1 saturated carbocycles. The summed E-state index contributed by atoms with van der Waals surface area (Å²) in [5.41, 5.74) is 0. The zero-order valence-electron chi connectivity index (χ0n) is 12.1. The van der Waals surface area contributed by atoms with E-state index in [1.807, 2.05) is 11.8 Å². The van der Waals surface area contributed by atoms with Gasteiger partial charge in [-0.1, -0.05) is 6.92 Å². The first-order valence-corrected chi connectivity index (χ1v) is 8.08. The molecule has 1 N–H and O–H groups in total. The molecule has 0 aromatic carbocycles. The molecule has 1 fully saturated rings. The molecule has 106 valence electrons. The van der Waals surface area contributed by atoms with Gasteiger partial charge in [-0.05, 0) is 33.4 Å². The Labute approximate surface area is 120 Å². The van der Waals surface area contributed by atoms with Gasteiger partial charge in [-0.15, -0.1) is 11.8 Å². The van der Waals surface area contributed by atoms with Crippen LogP contribution in [0.4, 0.5) is 5.82 Å². The van der Waals surface area contributed by atoms with Crippen molar-refractivity contribution in [3.05, 3.63) is 11.9 Å². The fourth-order valence-corrected chi connectivity index (χ4v) is 2.74. The van der Waals surface area contributed by atoms with Crippen molar-refractivity contribution < 1.29 is 0 Å². The maximum atomic E-state index is 4.69. The Balaban J connectivity index is 2.01. The van der Waals surface area contributed by atoms with Crippen molar-refractivity contribution in [2.24, 2.45) is 0 Å². The van der Waals surface area contributed by atoms with Crippen LogP contribution in [0.25, 0.3) is 0 Å². The topological polar surface area (TPSA) is 41.0 Å². The first kappa shape index (κ1) is 14.6. The van der Waals surface area contributed by atoms with Crippen LogP contribution >= 0.6 is 11.8 Å². The molecule has 19 heavy (non-hydrogen) atoms. The summed E-state index contributed by atoms with van der Waals surface area (Å²) in [5, 5.41) is 4.49. The Bertz CT molecular complexity index is 404. The predicted molar refractivity (Wildman–Crippen MR) is 82.1 cm³/mol. The molecule has 1 heterocycles. The quantitative estimate of drug-likeness (QED) is 0.586. The number of hydrogen-bond acceptors (Lipinski definition) is 5. The molecule has 2 rings (SSSR count). The minimum absolute atomic E-state index is 0.608. The van der Waals surface area contributed by atoms with E-state index in [0.29, 0.717) is 5.92 Å². The van der Waals surface area contributed by atoms with Crippen LogP contribution in [0.2, 0.25) is 0 Å². The van der Waals surface area contributed by atoms with Gasteiger partial charge >= 0.3 is 0 Å². The van der Waals surface area contributed by atoms with Gasteiger partial charge in [0.1, 0.15) is 16.7 Å². The first-order valence-electron chi connectivity index (χ1n) is 7.09. The van der Waals surface area contributed by atoms with Crippen LogP contribution in [0.5, 0.6) is 0 Å². The number of anilines is 1. The standard InChI is InChI=1S/C14H24N4S/c1-4-7-15-12-10-13(19-9-8-18(2)3)17-14(16-12)11-5-6-11/h10-11H,4-9H2,1-3H3,(H,15,16,17). The minimum Gasteiger partial charge on any atom is -0.370 e. The van der Waals surface area contributed by atoms with Crippen molar-refractivity contribution in [3.8, 4) is 0 Å². The zero-order chi connectivity index (χ0) is 13.7. The number of hydrogen-bond donors (Lipinski definition) is 1. The Morgan fingerprint density at radius 2 is 2.16 bits per heavy atom. The van der Waals surface area contributed by atoms with Crippen molar-refractivity contribution in [1.29, 1.82) is 0 Å². The minimum atomic E-state index is 0.608. The van der Waals surface area contributed by atoms with E-state index in [9.17, 15) is 0 Å². The predicted octanol–water partition coefficient (Wildman–Crippen LogP) is 2.83. The average Bonchev–Trinajstić information content (AvgIpc) is 3.20. The zero-order valence-corrected chi connectivity index (χ0v) is 13.0. The van der Waals surface area contributed by atoms with Gasteiger partial charge in [0.2, 0.25) is 0 Å². The van der Waals surface area contributed by atoms with Crippen LogP contribution in [0.3, 0.4) is 0 Å². The molecular formula is C14H24N4S. The van der Waals surface area contributed by atoms with Gasteiger partial charge < -0.3 is 10.2 Å². The molecule has 0 amide bonds. The van der Waals surface area contributed by atoms with Gasteiger partial charge in [0.15, 0.2) is 0 Å². The highest BCUT2D eigenvalue weighted by Crippen LogP contribution is 2.39. The molecule has 1 aliphatic carbocycles. The van der Waals surface area contributed by atoms with Crippen LogP contribution in [-0.4, -0.2) is 47.8 Å². The highest BCUT2D eigenvalue weighted by Gasteiger charge is 2.27. The Morgan fingerprint density at radius 3 is 2.79 bits per heavy atom. The molecule has 1 aromatic heterocycles. The fourth-order valence-electron chi connectivity index (χ4n) is 1.72. The highest BCUT2D eigenvalue weighted by atomic mass is 32.2. The van der Waals surface area contributed by atoms with Crippen molar-refractivity contribution in [3.63, 3.8) is 0 Å². The maximum Gasteiger partial charge on any atom is 0.135 e. The Kier molecular flexibility index (Phi) is 5.45. The van der Waals surface area contributed by atoms with Crippen LogP contribution in [0, 0.1) is 0 Å². The maximum absolute atomic E-state index is 4.69. The van der Waals surface area contributed by atoms with Gasteiger partial charge in [-0.3, -0.25) is 0 Å². The van der Waals surface area contributed by atoms with Crippen LogP contribution in [0.1, 0.15) is 37.9 Å². The van der Waals surface area contributed by atoms with Crippen LogP contribution in [0.15, 0.2) is 11.1 Å². The lowest BCUT2D eigenvalue weighted by Crippen LogP contribution is -2.15. The molecule has 0 atom stereocenters. The lowest BCUT2D eigenvalue weighted by molar-refractivity contribution is 0.437. The molecular weight excluding hydrogens is 256 g/mol. The van der Waals surface area contributed by atoms with Crippen molar-refractivity contribution in [2.45, 2.75) is 37.1 Å². The second-order valence-corrected chi connectivity index (χ2v) is 6.42. The second kappa shape index (κ2) is 7.10. The highest BCUT2D eigenvalue weighted by molar-refractivity contribution is 7.99. The third kappa shape index (κ3) is 4.99. The summed E-state index contributed by atoms with van der Waals surface area (Å²) in [7, 11) is 4.20. The fraction of sp³-hybridized carbons (Fsp3) is 0.714. The summed E-state index contributed by atoms with van der Waals surface area (Å²) in [5.74, 6) is 3.71. The Morgan fingerprint density at radius 1 is 1.37 bits per heavy atom. The van der Waals surface area contributed by atoms with Crippen molar-refractivity contribution in [2.75, 3.05) is 38.3 Å². The average molecular weight is 280 g/mol. The molecule has 4 nitrogen and oxygen atoms in total. The molecule has 1 aliphatic rings. The number of rotatable bonds is 8. The van der Waals surface area contributed by atoms with Crippen LogP contribution in [-0.2, 0) is 0 Å². The molecule has 0 unspecified atom stereocenters. The number of thioether (sulfide) groups is 1. The Hall–Kier alpha value is -0.810. The molecule has 0 spiro atoms. The second-order valence-electron chi connectivity index (χ2n) is 5.30. The van der Waals surface area contributed by atoms with E-state index in [1.165, 1.54) is 12.8 Å². The van der Waals surface area contributed by atoms with E-state index in [0.717, 1.165) is 41.9 Å². The van der Waals surface area contributed by atoms with E-state index < -0.39 is 0 Å². The van der Waals surface area contributed by atoms with E-state index in [1.54, 1.807) is 0 Å². The molecule has 5 heteroatoms.